The number of hydrogen-bond donors (Lipinski definition) is 3. The standard InChI is InChI=1S/C14H19IN4O.HI/c15-11-4-6-12(7-5-11)19-13(20)9-18-14(16)17-8-10-2-1-3-10;/h4-7,10H,1-3,8-9H2,(H,19,20)(H3,16,17,18);1H. The highest BCUT2D eigenvalue weighted by Gasteiger charge is 2.16. The first kappa shape index (κ1) is 18.5. The van der Waals surface area contributed by atoms with Crippen LogP contribution in [0, 0.1) is 9.49 Å². The van der Waals surface area contributed by atoms with Crippen LogP contribution >= 0.6 is 46.6 Å². The van der Waals surface area contributed by atoms with Crippen LogP contribution in [0.15, 0.2) is 29.3 Å². The molecule has 116 valence electrons. The highest BCUT2D eigenvalue weighted by molar-refractivity contribution is 14.1. The third-order valence-electron chi connectivity index (χ3n) is 3.32. The SMILES string of the molecule is I.NC(=NCC(=O)Nc1ccc(I)cc1)NCC1CCC1. The lowest BCUT2D eigenvalue weighted by atomic mass is 9.85. The van der Waals surface area contributed by atoms with E-state index in [2.05, 4.69) is 38.2 Å². The minimum absolute atomic E-state index is 0. The van der Waals surface area contributed by atoms with E-state index in [-0.39, 0.29) is 36.4 Å². The fourth-order valence-electron chi connectivity index (χ4n) is 1.89. The molecule has 4 N–H and O–H groups in total. The van der Waals surface area contributed by atoms with Crippen LogP contribution in [0.25, 0.3) is 0 Å². The number of hydrogen-bond acceptors (Lipinski definition) is 2. The normalized spacial score (nSPS) is 14.8. The second-order valence-corrected chi connectivity index (χ2v) is 6.18. The number of carbonyl (C=O) groups is 1. The molecule has 0 spiro atoms. The Morgan fingerprint density at radius 3 is 2.57 bits per heavy atom. The van der Waals surface area contributed by atoms with Gasteiger partial charge in [-0.3, -0.25) is 4.79 Å². The lowest BCUT2D eigenvalue weighted by Gasteiger charge is -2.25. The summed E-state index contributed by atoms with van der Waals surface area (Å²) in [6.45, 7) is 0.892. The van der Waals surface area contributed by atoms with Crippen molar-refractivity contribution >= 4 is 64.1 Å². The maximum atomic E-state index is 11.7. The lowest BCUT2D eigenvalue weighted by molar-refractivity contribution is -0.114. The number of carbonyl (C=O) groups excluding carboxylic acids is 1. The zero-order valence-corrected chi connectivity index (χ0v) is 16.1. The zero-order valence-electron chi connectivity index (χ0n) is 11.6. The Kier molecular flexibility index (Phi) is 8.30. The first-order valence-corrected chi connectivity index (χ1v) is 7.80. The molecular weight excluding hydrogens is 494 g/mol. The summed E-state index contributed by atoms with van der Waals surface area (Å²) in [6, 6.07) is 7.60. The first-order valence-electron chi connectivity index (χ1n) is 6.72. The van der Waals surface area contributed by atoms with Crippen LogP contribution in [0.4, 0.5) is 5.69 Å². The highest BCUT2D eigenvalue weighted by atomic mass is 127. The molecule has 1 amide bonds. The van der Waals surface area contributed by atoms with Crippen molar-refractivity contribution < 1.29 is 4.79 Å². The number of benzene rings is 1. The van der Waals surface area contributed by atoms with Crippen LogP contribution in [0.3, 0.4) is 0 Å². The molecular formula is C14H20I2N4O. The molecule has 7 heteroatoms. The van der Waals surface area contributed by atoms with Crippen molar-refractivity contribution in [1.29, 1.82) is 0 Å². The summed E-state index contributed by atoms with van der Waals surface area (Å²) in [5.41, 5.74) is 6.49. The third kappa shape index (κ3) is 6.81. The van der Waals surface area contributed by atoms with Gasteiger partial charge < -0.3 is 16.4 Å². The Morgan fingerprint density at radius 2 is 2.00 bits per heavy atom. The van der Waals surface area contributed by atoms with Crippen LogP contribution in [0.2, 0.25) is 0 Å². The monoisotopic (exact) mass is 514 g/mol. The van der Waals surface area contributed by atoms with E-state index in [4.69, 9.17) is 5.73 Å². The third-order valence-corrected chi connectivity index (χ3v) is 4.04. The number of guanidine groups is 1. The molecule has 1 aromatic carbocycles. The fourth-order valence-corrected chi connectivity index (χ4v) is 2.25. The van der Waals surface area contributed by atoms with Crippen molar-refractivity contribution in [3.8, 4) is 0 Å². The number of nitrogens with zero attached hydrogens (tertiary/aromatic N) is 1. The van der Waals surface area contributed by atoms with Crippen molar-refractivity contribution in [3.63, 3.8) is 0 Å². The van der Waals surface area contributed by atoms with E-state index >= 15 is 0 Å². The van der Waals surface area contributed by atoms with Gasteiger partial charge in [-0.2, -0.15) is 0 Å². The molecule has 0 saturated heterocycles. The van der Waals surface area contributed by atoms with Crippen molar-refractivity contribution in [3.05, 3.63) is 27.8 Å². The van der Waals surface area contributed by atoms with E-state index in [9.17, 15) is 4.79 Å². The van der Waals surface area contributed by atoms with E-state index < -0.39 is 0 Å². The molecule has 5 nitrogen and oxygen atoms in total. The Morgan fingerprint density at radius 1 is 1.33 bits per heavy atom. The van der Waals surface area contributed by atoms with Crippen LogP contribution < -0.4 is 16.4 Å². The molecule has 0 atom stereocenters. The molecule has 1 saturated carbocycles. The summed E-state index contributed by atoms with van der Waals surface area (Å²) in [4.78, 5) is 15.7. The number of nitrogens with two attached hydrogens (primary N) is 1. The van der Waals surface area contributed by atoms with Gasteiger partial charge in [0.2, 0.25) is 5.91 Å². The maximum absolute atomic E-state index is 11.7. The van der Waals surface area contributed by atoms with E-state index in [1.54, 1.807) is 0 Å². The van der Waals surface area contributed by atoms with Gasteiger partial charge in [0.1, 0.15) is 6.54 Å². The fraction of sp³-hybridized carbons (Fsp3) is 0.429. The molecule has 0 bridgehead atoms. The summed E-state index contributed by atoms with van der Waals surface area (Å²) in [5.74, 6) is 0.888. The minimum atomic E-state index is -0.167. The Labute approximate surface area is 155 Å². The Bertz CT molecular complexity index is 486. The van der Waals surface area contributed by atoms with Gasteiger partial charge in [-0.25, -0.2) is 4.99 Å². The van der Waals surface area contributed by atoms with Gasteiger partial charge in [0.05, 0.1) is 0 Å². The van der Waals surface area contributed by atoms with Crippen molar-refractivity contribution in [1.82, 2.24) is 5.32 Å². The lowest BCUT2D eigenvalue weighted by Crippen LogP contribution is -2.37. The van der Waals surface area contributed by atoms with Gasteiger partial charge in [0.15, 0.2) is 5.96 Å². The summed E-state index contributed by atoms with van der Waals surface area (Å²) < 4.78 is 1.13. The highest BCUT2D eigenvalue weighted by Crippen LogP contribution is 2.24. The molecule has 0 radical (unpaired) electrons. The van der Waals surface area contributed by atoms with Crippen molar-refractivity contribution in [2.24, 2.45) is 16.6 Å². The Balaban J connectivity index is 0.00000220. The average molecular weight is 514 g/mol. The quantitative estimate of drug-likeness (QED) is 0.321. The molecule has 1 aliphatic carbocycles. The van der Waals surface area contributed by atoms with Crippen LogP contribution in [0.5, 0.6) is 0 Å². The first-order chi connectivity index (χ1) is 9.63. The zero-order chi connectivity index (χ0) is 14.4. The molecule has 0 heterocycles. The van der Waals surface area contributed by atoms with E-state index in [0.29, 0.717) is 11.9 Å². The molecule has 1 aliphatic rings. The predicted molar refractivity (Wildman–Crippen MR) is 105 cm³/mol. The van der Waals surface area contributed by atoms with Crippen LogP contribution in [0.1, 0.15) is 19.3 Å². The van der Waals surface area contributed by atoms with Crippen molar-refractivity contribution in [2.75, 3.05) is 18.4 Å². The van der Waals surface area contributed by atoms with Gasteiger partial charge in [-0.1, -0.05) is 6.42 Å². The molecule has 21 heavy (non-hydrogen) atoms. The van der Waals surface area contributed by atoms with E-state index in [1.807, 2.05) is 24.3 Å². The molecule has 0 unspecified atom stereocenters. The largest absolute Gasteiger partial charge is 0.370 e. The van der Waals surface area contributed by atoms with E-state index in [1.165, 1.54) is 19.3 Å². The summed E-state index contributed by atoms with van der Waals surface area (Å²) in [7, 11) is 0. The summed E-state index contributed by atoms with van der Waals surface area (Å²) in [5, 5.41) is 5.84. The Hall–Kier alpha value is -0.580. The molecule has 0 aliphatic heterocycles. The topological polar surface area (TPSA) is 79.5 Å². The summed E-state index contributed by atoms with van der Waals surface area (Å²) in [6.07, 6.45) is 3.82. The van der Waals surface area contributed by atoms with E-state index in [0.717, 1.165) is 15.8 Å². The van der Waals surface area contributed by atoms with Crippen LogP contribution in [-0.2, 0) is 4.79 Å². The van der Waals surface area contributed by atoms with Gasteiger partial charge in [-0.05, 0) is 65.6 Å². The van der Waals surface area contributed by atoms with Gasteiger partial charge >= 0.3 is 0 Å². The van der Waals surface area contributed by atoms with Gasteiger partial charge in [-0.15, -0.1) is 24.0 Å². The second-order valence-electron chi connectivity index (χ2n) is 4.93. The molecule has 1 fully saturated rings. The second kappa shape index (κ2) is 9.44. The number of anilines is 1. The average Bonchev–Trinajstić information content (AvgIpc) is 2.37. The number of halogens is 2. The summed E-state index contributed by atoms with van der Waals surface area (Å²) >= 11 is 2.22. The molecule has 0 aromatic heterocycles. The smallest absolute Gasteiger partial charge is 0.246 e. The minimum Gasteiger partial charge on any atom is -0.370 e. The maximum Gasteiger partial charge on any atom is 0.246 e. The van der Waals surface area contributed by atoms with Gasteiger partial charge in [0, 0.05) is 15.8 Å². The number of aliphatic imine (C=N–C) groups is 1. The number of nitrogens with one attached hydrogen (secondary N) is 2. The molecule has 2 rings (SSSR count). The number of amides is 1. The van der Waals surface area contributed by atoms with Crippen molar-refractivity contribution in [2.45, 2.75) is 19.3 Å². The van der Waals surface area contributed by atoms with Crippen LogP contribution in [-0.4, -0.2) is 25.0 Å². The molecule has 1 aromatic rings. The van der Waals surface area contributed by atoms with Gasteiger partial charge in [0.25, 0.3) is 0 Å². The predicted octanol–water partition coefficient (Wildman–Crippen LogP) is 2.55. The number of rotatable bonds is 5.